The molecule has 0 aliphatic rings. The predicted molar refractivity (Wildman–Crippen MR) is 93.4 cm³/mol. The second-order valence-electron chi connectivity index (χ2n) is 5.96. The summed E-state index contributed by atoms with van der Waals surface area (Å²) in [7, 11) is -4.09. The molecule has 3 aromatic rings. The molecule has 0 saturated heterocycles. The van der Waals surface area contributed by atoms with Crippen LogP contribution in [-0.4, -0.2) is 29.7 Å². The normalized spacial score (nSPS) is 12.5. The fourth-order valence-corrected chi connectivity index (χ4v) is 3.53. The van der Waals surface area contributed by atoms with E-state index in [1.54, 1.807) is 24.4 Å². The van der Waals surface area contributed by atoms with Crippen LogP contribution in [0.2, 0.25) is 0 Å². The number of hydrogen-bond acceptors (Lipinski definition) is 3. The summed E-state index contributed by atoms with van der Waals surface area (Å²) in [4.78, 5) is 4.49. The first-order valence-corrected chi connectivity index (χ1v) is 9.40. The first-order chi connectivity index (χ1) is 12.1. The molecule has 0 spiro atoms. The smallest absolute Gasteiger partial charge is 0.306 e. The van der Waals surface area contributed by atoms with Gasteiger partial charge in [0.2, 0.25) is 10.0 Å². The largest absolute Gasteiger partial charge is 0.390 e. The van der Waals surface area contributed by atoms with Gasteiger partial charge in [0, 0.05) is 23.6 Å². The molecule has 0 unspecified atom stereocenters. The Morgan fingerprint density at radius 1 is 1.19 bits per heavy atom. The van der Waals surface area contributed by atoms with Gasteiger partial charge in [0.05, 0.1) is 17.9 Å². The lowest BCUT2D eigenvalue weighted by Crippen LogP contribution is -2.21. The van der Waals surface area contributed by atoms with Crippen LogP contribution in [0.25, 0.3) is 16.9 Å². The lowest BCUT2D eigenvalue weighted by molar-refractivity contribution is -0.129. The fourth-order valence-electron chi connectivity index (χ4n) is 2.45. The van der Waals surface area contributed by atoms with Gasteiger partial charge in [0.15, 0.2) is 0 Å². The average Bonchev–Trinajstić information content (AvgIpc) is 2.95. The standard InChI is InChI=1S/C17H16F3N3O2S/c1-12-5-7-23-11-15(21-16(23)9-12)13-3-2-4-14(10-13)22-26(24,25)8-6-17(18,19)20/h2-5,7,9-11,22H,6,8H2,1H3. The zero-order chi connectivity index (χ0) is 18.9. The van der Waals surface area contributed by atoms with Crippen molar-refractivity contribution in [2.24, 2.45) is 0 Å². The highest BCUT2D eigenvalue weighted by Gasteiger charge is 2.29. The third kappa shape index (κ3) is 4.54. The third-order valence-electron chi connectivity index (χ3n) is 3.70. The molecular weight excluding hydrogens is 367 g/mol. The van der Waals surface area contributed by atoms with Crippen molar-refractivity contribution in [2.75, 3.05) is 10.5 Å². The summed E-state index contributed by atoms with van der Waals surface area (Å²) in [6.07, 6.45) is -2.25. The number of rotatable bonds is 5. The maximum atomic E-state index is 12.2. The lowest BCUT2D eigenvalue weighted by atomic mass is 10.1. The van der Waals surface area contributed by atoms with Crippen molar-refractivity contribution < 1.29 is 21.6 Å². The molecule has 3 rings (SSSR count). The van der Waals surface area contributed by atoms with Crippen molar-refractivity contribution in [2.45, 2.75) is 19.5 Å². The van der Waals surface area contributed by atoms with Gasteiger partial charge in [-0.1, -0.05) is 12.1 Å². The maximum Gasteiger partial charge on any atom is 0.390 e. The van der Waals surface area contributed by atoms with Gasteiger partial charge in [-0.05, 0) is 36.8 Å². The Balaban J connectivity index is 1.83. The molecule has 2 aromatic heterocycles. The molecule has 0 amide bonds. The molecule has 0 aliphatic carbocycles. The molecule has 2 heterocycles. The van der Waals surface area contributed by atoms with Crippen LogP contribution in [0.3, 0.4) is 0 Å². The molecule has 26 heavy (non-hydrogen) atoms. The number of anilines is 1. The number of imidazole rings is 1. The fraction of sp³-hybridized carbons (Fsp3) is 0.235. The Morgan fingerprint density at radius 3 is 2.69 bits per heavy atom. The Kier molecular flexibility index (Phi) is 4.66. The van der Waals surface area contributed by atoms with Gasteiger partial charge in [-0.2, -0.15) is 13.2 Å². The van der Waals surface area contributed by atoms with Gasteiger partial charge in [0.1, 0.15) is 5.65 Å². The Morgan fingerprint density at radius 2 is 1.96 bits per heavy atom. The zero-order valence-corrected chi connectivity index (χ0v) is 14.6. The summed E-state index contributed by atoms with van der Waals surface area (Å²) in [6, 6.07) is 10.2. The SMILES string of the molecule is Cc1ccn2cc(-c3cccc(NS(=O)(=O)CCC(F)(F)F)c3)nc2c1. The van der Waals surface area contributed by atoms with E-state index in [1.807, 2.05) is 29.7 Å². The quantitative estimate of drug-likeness (QED) is 0.724. The van der Waals surface area contributed by atoms with E-state index in [4.69, 9.17) is 0 Å². The Bertz CT molecular complexity index is 1040. The minimum absolute atomic E-state index is 0.193. The molecule has 138 valence electrons. The van der Waals surface area contributed by atoms with E-state index < -0.39 is 28.4 Å². The number of alkyl halides is 3. The molecule has 5 nitrogen and oxygen atoms in total. The molecule has 0 aliphatic heterocycles. The third-order valence-corrected chi connectivity index (χ3v) is 4.99. The van der Waals surface area contributed by atoms with E-state index >= 15 is 0 Å². The second kappa shape index (κ2) is 6.64. The van der Waals surface area contributed by atoms with E-state index in [9.17, 15) is 21.6 Å². The Labute approximate surface area is 148 Å². The summed E-state index contributed by atoms with van der Waals surface area (Å²) >= 11 is 0. The van der Waals surface area contributed by atoms with Crippen molar-refractivity contribution >= 4 is 21.4 Å². The van der Waals surface area contributed by atoms with Crippen molar-refractivity contribution in [1.82, 2.24) is 9.38 Å². The van der Waals surface area contributed by atoms with Crippen LogP contribution in [0.15, 0.2) is 48.8 Å². The number of halogens is 3. The van der Waals surface area contributed by atoms with Gasteiger partial charge in [-0.25, -0.2) is 13.4 Å². The molecule has 0 bridgehead atoms. The van der Waals surface area contributed by atoms with Crippen LogP contribution < -0.4 is 4.72 Å². The number of benzene rings is 1. The van der Waals surface area contributed by atoms with E-state index in [0.717, 1.165) is 11.2 Å². The molecular formula is C17H16F3N3O2S. The van der Waals surface area contributed by atoms with Crippen molar-refractivity contribution in [3.05, 3.63) is 54.4 Å². The summed E-state index contributed by atoms with van der Waals surface area (Å²) in [6.45, 7) is 1.95. The van der Waals surface area contributed by atoms with Crippen LogP contribution in [-0.2, 0) is 10.0 Å². The lowest BCUT2D eigenvalue weighted by Gasteiger charge is -2.10. The Hall–Kier alpha value is -2.55. The van der Waals surface area contributed by atoms with Crippen molar-refractivity contribution in [3.63, 3.8) is 0 Å². The van der Waals surface area contributed by atoms with Crippen LogP contribution in [0.1, 0.15) is 12.0 Å². The number of sulfonamides is 1. The maximum absolute atomic E-state index is 12.2. The van der Waals surface area contributed by atoms with Gasteiger partial charge in [-0.3, -0.25) is 4.72 Å². The molecule has 0 fully saturated rings. The highest BCUT2D eigenvalue weighted by atomic mass is 32.2. The predicted octanol–water partition coefficient (Wildman–Crippen LogP) is 4.00. The number of fused-ring (bicyclic) bond motifs is 1. The van der Waals surface area contributed by atoms with Gasteiger partial charge >= 0.3 is 6.18 Å². The molecule has 0 radical (unpaired) electrons. The van der Waals surface area contributed by atoms with E-state index in [2.05, 4.69) is 9.71 Å². The average molecular weight is 383 g/mol. The van der Waals surface area contributed by atoms with Gasteiger partial charge in [0.25, 0.3) is 0 Å². The summed E-state index contributed by atoms with van der Waals surface area (Å²) in [5, 5.41) is 0. The van der Waals surface area contributed by atoms with E-state index in [1.165, 1.54) is 6.07 Å². The molecule has 9 heteroatoms. The van der Waals surface area contributed by atoms with Crippen LogP contribution in [0, 0.1) is 6.92 Å². The monoisotopic (exact) mass is 383 g/mol. The van der Waals surface area contributed by atoms with Gasteiger partial charge < -0.3 is 4.40 Å². The molecule has 1 N–H and O–H groups in total. The first-order valence-electron chi connectivity index (χ1n) is 7.74. The number of aryl methyl sites for hydroxylation is 1. The number of nitrogens with zero attached hydrogens (tertiary/aromatic N) is 2. The minimum Gasteiger partial charge on any atom is -0.306 e. The molecule has 0 saturated carbocycles. The number of nitrogens with one attached hydrogen (secondary N) is 1. The highest BCUT2D eigenvalue weighted by Crippen LogP contribution is 2.24. The summed E-state index contributed by atoms with van der Waals surface area (Å²) in [5.74, 6) is -1.02. The van der Waals surface area contributed by atoms with E-state index in [0.29, 0.717) is 11.3 Å². The van der Waals surface area contributed by atoms with Crippen molar-refractivity contribution in [1.29, 1.82) is 0 Å². The van der Waals surface area contributed by atoms with Crippen LogP contribution >= 0.6 is 0 Å². The number of hydrogen-bond donors (Lipinski definition) is 1. The van der Waals surface area contributed by atoms with Crippen LogP contribution in [0.5, 0.6) is 0 Å². The zero-order valence-electron chi connectivity index (χ0n) is 13.8. The molecule has 1 aromatic carbocycles. The summed E-state index contributed by atoms with van der Waals surface area (Å²) < 4.78 is 64.4. The first kappa shape index (κ1) is 18.2. The summed E-state index contributed by atoms with van der Waals surface area (Å²) in [5.41, 5.74) is 3.28. The molecule has 0 atom stereocenters. The second-order valence-corrected chi connectivity index (χ2v) is 7.80. The highest BCUT2D eigenvalue weighted by molar-refractivity contribution is 7.92. The van der Waals surface area contributed by atoms with E-state index in [-0.39, 0.29) is 5.69 Å². The number of pyridine rings is 1. The topological polar surface area (TPSA) is 63.5 Å². The van der Waals surface area contributed by atoms with Crippen LogP contribution in [0.4, 0.5) is 18.9 Å². The number of aromatic nitrogens is 2. The van der Waals surface area contributed by atoms with Crippen molar-refractivity contribution in [3.8, 4) is 11.3 Å². The minimum atomic E-state index is -4.52. The van der Waals surface area contributed by atoms with Gasteiger partial charge in [-0.15, -0.1) is 0 Å².